The number of benzene rings is 2. The highest BCUT2D eigenvalue weighted by molar-refractivity contribution is 6.30. The molecule has 19 heavy (non-hydrogen) atoms. The Morgan fingerprint density at radius 2 is 1.95 bits per heavy atom. The van der Waals surface area contributed by atoms with E-state index < -0.39 is 6.10 Å². The fraction of sp³-hybridized carbons (Fsp3) is 0.250. The molecule has 2 aromatic carbocycles. The van der Waals surface area contributed by atoms with Gasteiger partial charge in [-0.15, -0.1) is 0 Å². The van der Waals surface area contributed by atoms with Crippen molar-refractivity contribution in [3.63, 3.8) is 0 Å². The van der Waals surface area contributed by atoms with Gasteiger partial charge in [-0.05, 0) is 43.2 Å². The number of rotatable bonds is 4. The van der Waals surface area contributed by atoms with Crippen molar-refractivity contribution >= 4 is 11.6 Å². The van der Waals surface area contributed by atoms with Crippen LogP contribution in [0.2, 0.25) is 5.02 Å². The summed E-state index contributed by atoms with van der Waals surface area (Å²) in [4.78, 5) is 0. The van der Waals surface area contributed by atoms with Gasteiger partial charge in [-0.2, -0.15) is 0 Å². The van der Waals surface area contributed by atoms with Crippen molar-refractivity contribution in [3.05, 3.63) is 64.2 Å². The molecule has 0 aliphatic carbocycles. The summed E-state index contributed by atoms with van der Waals surface area (Å²) in [7, 11) is 0. The minimum absolute atomic E-state index is 0.480. The summed E-state index contributed by atoms with van der Waals surface area (Å²) in [5.41, 5.74) is 3.03. The third-order valence-electron chi connectivity index (χ3n) is 3.07. The fourth-order valence-electron chi connectivity index (χ4n) is 1.90. The Bertz CT molecular complexity index is 564. The van der Waals surface area contributed by atoms with Gasteiger partial charge in [0.1, 0.15) is 12.4 Å². The predicted molar refractivity (Wildman–Crippen MR) is 77.6 cm³/mol. The van der Waals surface area contributed by atoms with Crippen LogP contribution in [0.5, 0.6) is 5.75 Å². The Morgan fingerprint density at radius 3 is 2.63 bits per heavy atom. The van der Waals surface area contributed by atoms with E-state index in [1.807, 2.05) is 18.2 Å². The van der Waals surface area contributed by atoms with Gasteiger partial charge in [-0.1, -0.05) is 35.9 Å². The highest BCUT2D eigenvalue weighted by atomic mass is 35.5. The van der Waals surface area contributed by atoms with Crippen LogP contribution in [0.4, 0.5) is 0 Å². The molecule has 0 unspecified atom stereocenters. The van der Waals surface area contributed by atoms with Crippen molar-refractivity contribution in [2.24, 2.45) is 0 Å². The van der Waals surface area contributed by atoms with E-state index in [0.717, 1.165) is 5.56 Å². The van der Waals surface area contributed by atoms with Gasteiger partial charge >= 0.3 is 0 Å². The summed E-state index contributed by atoms with van der Waals surface area (Å²) in [6, 6.07) is 13.4. The zero-order chi connectivity index (χ0) is 13.8. The Labute approximate surface area is 118 Å². The molecular weight excluding hydrogens is 260 g/mol. The molecule has 0 heterocycles. The van der Waals surface area contributed by atoms with E-state index >= 15 is 0 Å². The second kappa shape index (κ2) is 6.09. The summed E-state index contributed by atoms with van der Waals surface area (Å²) in [6.07, 6.45) is -0.606. The molecule has 2 nitrogen and oxygen atoms in total. The molecule has 0 amide bonds. The van der Waals surface area contributed by atoms with Crippen LogP contribution in [0.25, 0.3) is 0 Å². The third kappa shape index (κ3) is 3.49. The molecule has 0 saturated carbocycles. The van der Waals surface area contributed by atoms with Crippen molar-refractivity contribution in [1.82, 2.24) is 0 Å². The van der Waals surface area contributed by atoms with E-state index in [4.69, 9.17) is 16.3 Å². The quantitative estimate of drug-likeness (QED) is 0.903. The maximum Gasteiger partial charge on any atom is 0.125 e. The Balaban J connectivity index is 2.18. The molecule has 0 aromatic heterocycles. The zero-order valence-electron chi connectivity index (χ0n) is 11.1. The lowest BCUT2D eigenvalue weighted by Crippen LogP contribution is -2.02. The van der Waals surface area contributed by atoms with Crippen LogP contribution in [-0.4, -0.2) is 5.11 Å². The Morgan fingerprint density at radius 1 is 1.21 bits per heavy atom. The van der Waals surface area contributed by atoms with Crippen molar-refractivity contribution in [3.8, 4) is 5.75 Å². The van der Waals surface area contributed by atoms with Crippen molar-refractivity contribution in [2.45, 2.75) is 26.6 Å². The molecule has 100 valence electrons. The van der Waals surface area contributed by atoms with Gasteiger partial charge in [-0.25, -0.2) is 0 Å². The smallest absolute Gasteiger partial charge is 0.125 e. The second-order valence-corrected chi connectivity index (χ2v) is 5.01. The van der Waals surface area contributed by atoms with Crippen molar-refractivity contribution in [2.75, 3.05) is 0 Å². The van der Waals surface area contributed by atoms with Crippen molar-refractivity contribution < 1.29 is 9.84 Å². The van der Waals surface area contributed by atoms with Gasteiger partial charge in [0.15, 0.2) is 0 Å². The molecule has 3 heteroatoms. The molecule has 1 atom stereocenters. The largest absolute Gasteiger partial charge is 0.489 e. The summed E-state index contributed by atoms with van der Waals surface area (Å²) >= 11 is 5.94. The minimum atomic E-state index is -0.606. The van der Waals surface area contributed by atoms with Crippen LogP contribution >= 0.6 is 11.6 Å². The first-order valence-electron chi connectivity index (χ1n) is 6.22. The van der Waals surface area contributed by atoms with Crippen molar-refractivity contribution in [1.29, 1.82) is 0 Å². The molecule has 0 spiro atoms. The molecule has 1 N–H and O–H groups in total. The minimum Gasteiger partial charge on any atom is -0.489 e. The molecule has 0 fully saturated rings. The first kappa shape index (κ1) is 13.9. The standard InChI is InChI=1S/C16H17ClO2/c1-11-5-3-4-6-13(11)10-19-16-8-7-14(17)9-15(16)12(2)18/h3-9,12,18H,10H2,1-2H3/t12-/m0/s1. The average Bonchev–Trinajstić information content (AvgIpc) is 2.38. The lowest BCUT2D eigenvalue weighted by atomic mass is 10.1. The van der Waals surface area contributed by atoms with Gasteiger partial charge in [0.05, 0.1) is 6.10 Å². The first-order chi connectivity index (χ1) is 9.08. The van der Waals surface area contributed by atoms with E-state index in [-0.39, 0.29) is 0 Å². The normalized spacial score (nSPS) is 12.2. The van der Waals surface area contributed by atoms with Crippen LogP contribution in [0, 0.1) is 6.92 Å². The Kier molecular flexibility index (Phi) is 4.46. The molecule has 0 saturated heterocycles. The van der Waals surface area contributed by atoms with Gasteiger partial charge in [0.2, 0.25) is 0 Å². The van der Waals surface area contributed by atoms with E-state index in [1.54, 1.807) is 25.1 Å². The molecule has 0 radical (unpaired) electrons. The summed E-state index contributed by atoms with van der Waals surface area (Å²) in [5, 5.41) is 10.3. The fourth-order valence-corrected chi connectivity index (χ4v) is 2.09. The SMILES string of the molecule is Cc1ccccc1COc1ccc(Cl)cc1[C@H](C)O. The first-order valence-corrected chi connectivity index (χ1v) is 6.60. The van der Waals surface area contributed by atoms with Crippen LogP contribution in [0.1, 0.15) is 29.7 Å². The second-order valence-electron chi connectivity index (χ2n) is 4.57. The van der Waals surface area contributed by atoms with E-state index in [1.165, 1.54) is 5.56 Å². The van der Waals surface area contributed by atoms with Gasteiger partial charge < -0.3 is 9.84 Å². The number of hydrogen-bond donors (Lipinski definition) is 1. The molecule has 0 aliphatic heterocycles. The molecule has 0 bridgehead atoms. The highest BCUT2D eigenvalue weighted by Gasteiger charge is 2.10. The Hall–Kier alpha value is -1.51. The molecule has 2 aromatic rings. The number of hydrogen-bond acceptors (Lipinski definition) is 2. The number of ether oxygens (including phenoxy) is 1. The number of halogens is 1. The molecule has 0 aliphatic rings. The van der Waals surface area contributed by atoms with Gasteiger partial charge in [0.25, 0.3) is 0 Å². The lowest BCUT2D eigenvalue weighted by Gasteiger charge is -2.14. The summed E-state index contributed by atoms with van der Waals surface area (Å²) in [5.74, 6) is 0.669. The molecular formula is C16H17ClO2. The van der Waals surface area contributed by atoms with Gasteiger partial charge in [0, 0.05) is 10.6 Å². The zero-order valence-corrected chi connectivity index (χ0v) is 11.8. The average molecular weight is 277 g/mol. The number of aliphatic hydroxyl groups is 1. The van der Waals surface area contributed by atoms with E-state index in [9.17, 15) is 5.11 Å². The van der Waals surface area contributed by atoms with E-state index in [0.29, 0.717) is 22.9 Å². The highest BCUT2D eigenvalue weighted by Crippen LogP contribution is 2.29. The lowest BCUT2D eigenvalue weighted by molar-refractivity contribution is 0.190. The predicted octanol–water partition coefficient (Wildman–Crippen LogP) is 4.28. The number of aryl methyl sites for hydroxylation is 1. The van der Waals surface area contributed by atoms with Gasteiger partial charge in [-0.3, -0.25) is 0 Å². The summed E-state index contributed by atoms with van der Waals surface area (Å²) < 4.78 is 5.80. The molecule has 2 rings (SSSR count). The summed E-state index contributed by atoms with van der Waals surface area (Å²) in [6.45, 7) is 4.23. The monoisotopic (exact) mass is 276 g/mol. The number of aliphatic hydroxyl groups excluding tert-OH is 1. The topological polar surface area (TPSA) is 29.5 Å². The maximum absolute atomic E-state index is 9.74. The van der Waals surface area contributed by atoms with Crippen LogP contribution in [-0.2, 0) is 6.61 Å². The van der Waals surface area contributed by atoms with Crippen LogP contribution in [0.3, 0.4) is 0 Å². The van der Waals surface area contributed by atoms with E-state index in [2.05, 4.69) is 13.0 Å². The third-order valence-corrected chi connectivity index (χ3v) is 3.30. The van der Waals surface area contributed by atoms with Crippen LogP contribution in [0.15, 0.2) is 42.5 Å². The van der Waals surface area contributed by atoms with Crippen LogP contribution < -0.4 is 4.74 Å². The maximum atomic E-state index is 9.74.